The molecule has 19 heavy (non-hydrogen) atoms. The number of carbonyl (C=O) groups excluding carboxylic acids is 2. The van der Waals surface area contributed by atoms with Gasteiger partial charge in [-0.15, -0.1) is 0 Å². The summed E-state index contributed by atoms with van der Waals surface area (Å²) in [5.41, 5.74) is -1.24. The van der Waals surface area contributed by atoms with Crippen LogP contribution >= 0.6 is 0 Å². The van der Waals surface area contributed by atoms with Gasteiger partial charge in [-0.1, -0.05) is 0 Å². The number of hydrogen-bond donors (Lipinski definition) is 2. The number of ether oxygens (including phenoxy) is 1. The van der Waals surface area contributed by atoms with Gasteiger partial charge in [0.1, 0.15) is 12.3 Å². The van der Waals surface area contributed by atoms with Crippen molar-refractivity contribution < 1.29 is 14.3 Å². The van der Waals surface area contributed by atoms with Crippen LogP contribution in [0.15, 0.2) is 0 Å². The molecule has 6 nitrogen and oxygen atoms in total. The van der Waals surface area contributed by atoms with E-state index in [0.29, 0.717) is 12.8 Å². The van der Waals surface area contributed by atoms with Gasteiger partial charge in [-0.25, -0.2) is 9.69 Å². The average molecular weight is 269 g/mol. The normalized spacial score (nSPS) is 27.7. The monoisotopic (exact) mass is 269 g/mol. The first kappa shape index (κ1) is 14.3. The fourth-order valence-corrected chi connectivity index (χ4v) is 3.74. The molecule has 2 saturated heterocycles. The van der Waals surface area contributed by atoms with E-state index in [9.17, 15) is 9.59 Å². The van der Waals surface area contributed by atoms with Gasteiger partial charge < -0.3 is 15.4 Å². The summed E-state index contributed by atoms with van der Waals surface area (Å²) in [7, 11) is 1.47. The third-order valence-electron chi connectivity index (χ3n) is 3.67. The van der Waals surface area contributed by atoms with Crippen molar-refractivity contribution in [1.82, 2.24) is 15.5 Å². The van der Waals surface area contributed by atoms with Crippen molar-refractivity contribution >= 4 is 11.9 Å². The van der Waals surface area contributed by atoms with Gasteiger partial charge in [0.25, 0.3) is 5.91 Å². The number of hydrogen-bond acceptors (Lipinski definition) is 4. The van der Waals surface area contributed by atoms with Gasteiger partial charge >= 0.3 is 6.03 Å². The van der Waals surface area contributed by atoms with E-state index in [0.717, 1.165) is 4.90 Å². The van der Waals surface area contributed by atoms with Gasteiger partial charge in [0.05, 0.1) is 0 Å². The van der Waals surface area contributed by atoms with Crippen LogP contribution in [0.3, 0.4) is 0 Å². The fraction of sp³-hybridized carbons (Fsp3) is 0.846. The number of nitrogens with one attached hydrogen (secondary N) is 2. The molecule has 0 aromatic carbocycles. The maximum absolute atomic E-state index is 12.6. The number of urea groups is 1. The van der Waals surface area contributed by atoms with Gasteiger partial charge in [-0.2, -0.15) is 0 Å². The number of methoxy groups -OCH3 is 1. The molecule has 0 aromatic heterocycles. The molecule has 0 saturated carbocycles. The van der Waals surface area contributed by atoms with E-state index < -0.39 is 5.54 Å². The Labute approximate surface area is 113 Å². The van der Waals surface area contributed by atoms with Crippen LogP contribution < -0.4 is 10.6 Å². The second-order valence-electron chi connectivity index (χ2n) is 6.91. The molecule has 108 valence electrons. The number of rotatable bonds is 2. The van der Waals surface area contributed by atoms with Crippen LogP contribution in [0.4, 0.5) is 4.79 Å². The summed E-state index contributed by atoms with van der Waals surface area (Å²) in [5, 5.41) is 6.39. The van der Waals surface area contributed by atoms with Gasteiger partial charge in [0, 0.05) is 18.2 Å². The molecule has 0 aromatic rings. The maximum atomic E-state index is 12.6. The molecule has 2 rings (SSSR count). The molecule has 0 aliphatic carbocycles. The number of carbonyl (C=O) groups is 2. The highest BCUT2D eigenvalue weighted by molar-refractivity contribution is 6.07. The van der Waals surface area contributed by atoms with Crippen LogP contribution in [-0.2, 0) is 9.53 Å². The third kappa shape index (κ3) is 2.47. The first-order chi connectivity index (χ1) is 8.61. The zero-order valence-electron chi connectivity index (χ0n) is 12.3. The van der Waals surface area contributed by atoms with Crippen LogP contribution in [0.1, 0.15) is 40.5 Å². The van der Waals surface area contributed by atoms with E-state index in [-0.39, 0.29) is 29.7 Å². The summed E-state index contributed by atoms with van der Waals surface area (Å²) in [4.78, 5) is 25.7. The lowest BCUT2D eigenvalue weighted by molar-refractivity contribution is -0.137. The zero-order chi connectivity index (χ0) is 14.5. The molecule has 6 heteroatoms. The van der Waals surface area contributed by atoms with E-state index in [1.807, 2.05) is 27.7 Å². The Morgan fingerprint density at radius 3 is 2.16 bits per heavy atom. The van der Waals surface area contributed by atoms with E-state index in [1.165, 1.54) is 7.11 Å². The first-order valence-electron chi connectivity index (χ1n) is 6.53. The predicted octanol–water partition coefficient (Wildman–Crippen LogP) is 0.821. The Morgan fingerprint density at radius 1 is 1.16 bits per heavy atom. The molecule has 2 N–H and O–H groups in total. The van der Waals surface area contributed by atoms with Gasteiger partial charge in [0.15, 0.2) is 0 Å². The van der Waals surface area contributed by atoms with Crippen LogP contribution in [0, 0.1) is 0 Å². The molecule has 2 aliphatic rings. The van der Waals surface area contributed by atoms with Gasteiger partial charge in [0.2, 0.25) is 0 Å². The van der Waals surface area contributed by atoms with Crippen molar-refractivity contribution in [1.29, 1.82) is 0 Å². The van der Waals surface area contributed by atoms with E-state index in [1.54, 1.807) is 0 Å². The number of piperidine rings is 1. The highest BCUT2D eigenvalue weighted by Crippen LogP contribution is 2.39. The summed E-state index contributed by atoms with van der Waals surface area (Å²) in [6, 6.07) is -0.361. The van der Waals surface area contributed by atoms with Crippen molar-refractivity contribution in [2.24, 2.45) is 0 Å². The number of nitrogens with zero attached hydrogens (tertiary/aromatic N) is 1. The Morgan fingerprint density at radius 2 is 1.68 bits per heavy atom. The highest BCUT2D eigenvalue weighted by Gasteiger charge is 2.58. The van der Waals surface area contributed by atoms with E-state index in [2.05, 4.69) is 10.6 Å². The molecule has 1 spiro atoms. The van der Waals surface area contributed by atoms with Gasteiger partial charge in [-0.3, -0.25) is 4.79 Å². The minimum atomic E-state index is -0.812. The van der Waals surface area contributed by atoms with Gasteiger partial charge in [-0.05, 0) is 40.5 Å². The lowest BCUT2D eigenvalue weighted by atomic mass is 9.71. The second kappa shape index (κ2) is 4.18. The first-order valence-corrected chi connectivity index (χ1v) is 6.53. The standard InChI is InChI=1S/C13H23N3O3/c1-11(2)6-13(7-12(3,4)15-11)9(17)16(8-19-5)10(18)14-13/h15H,6-8H2,1-5H3,(H,14,18). The average Bonchev–Trinajstić information content (AvgIpc) is 2.38. The SMILES string of the molecule is COCN1C(=O)NC2(CC(C)(C)NC(C)(C)C2)C1=O. The Balaban J connectivity index is 2.33. The molecule has 2 fully saturated rings. The minimum absolute atomic E-state index is 0.000697. The van der Waals surface area contributed by atoms with E-state index >= 15 is 0 Å². The molecule has 2 aliphatic heterocycles. The molecule has 3 amide bonds. The predicted molar refractivity (Wildman–Crippen MR) is 70.5 cm³/mol. The summed E-state index contributed by atoms with van der Waals surface area (Å²) in [5.74, 6) is -0.179. The smallest absolute Gasteiger partial charge is 0.326 e. The lowest BCUT2D eigenvalue weighted by Gasteiger charge is -2.50. The lowest BCUT2D eigenvalue weighted by Crippen LogP contribution is -2.68. The highest BCUT2D eigenvalue weighted by atomic mass is 16.5. The largest absolute Gasteiger partial charge is 0.364 e. The van der Waals surface area contributed by atoms with Crippen LogP contribution in [-0.4, -0.2) is 47.3 Å². The van der Waals surface area contributed by atoms with E-state index in [4.69, 9.17) is 4.74 Å². The molecule has 2 heterocycles. The van der Waals surface area contributed by atoms with Crippen LogP contribution in [0.5, 0.6) is 0 Å². The Bertz CT molecular complexity index is 401. The molecule has 0 atom stereocenters. The minimum Gasteiger partial charge on any atom is -0.364 e. The van der Waals surface area contributed by atoms with Crippen molar-refractivity contribution in [3.8, 4) is 0 Å². The molecule has 0 unspecified atom stereocenters. The van der Waals surface area contributed by atoms with Crippen molar-refractivity contribution in [2.75, 3.05) is 13.8 Å². The molecule has 0 bridgehead atoms. The van der Waals surface area contributed by atoms with Crippen molar-refractivity contribution in [3.05, 3.63) is 0 Å². The Kier molecular flexibility index (Phi) is 3.14. The second-order valence-corrected chi connectivity index (χ2v) is 6.91. The molecular formula is C13H23N3O3. The number of imide groups is 1. The molecular weight excluding hydrogens is 246 g/mol. The zero-order valence-corrected chi connectivity index (χ0v) is 12.3. The third-order valence-corrected chi connectivity index (χ3v) is 3.67. The van der Waals surface area contributed by atoms with Crippen LogP contribution in [0.2, 0.25) is 0 Å². The fourth-order valence-electron chi connectivity index (χ4n) is 3.74. The summed E-state index contributed by atoms with van der Waals surface area (Å²) in [6.07, 6.45) is 1.16. The summed E-state index contributed by atoms with van der Waals surface area (Å²) < 4.78 is 4.93. The van der Waals surface area contributed by atoms with Crippen LogP contribution in [0.25, 0.3) is 0 Å². The summed E-state index contributed by atoms with van der Waals surface area (Å²) >= 11 is 0. The topological polar surface area (TPSA) is 70.7 Å². The number of amides is 3. The quantitative estimate of drug-likeness (QED) is 0.728. The summed E-state index contributed by atoms with van der Waals surface area (Å²) in [6.45, 7) is 8.20. The molecule has 0 radical (unpaired) electrons. The van der Waals surface area contributed by atoms with Crippen molar-refractivity contribution in [3.63, 3.8) is 0 Å². The van der Waals surface area contributed by atoms with Crippen molar-refractivity contribution in [2.45, 2.75) is 57.2 Å². The maximum Gasteiger partial charge on any atom is 0.326 e. The Hall–Kier alpha value is -1.14.